The zero-order valence-electron chi connectivity index (χ0n) is 28.8. The van der Waals surface area contributed by atoms with Crippen molar-refractivity contribution in [3.8, 4) is 22.3 Å². The fourth-order valence-corrected chi connectivity index (χ4v) is 6.52. The quantitative estimate of drug-likeness (QED) is 0.198. The van der Waals surface area contributed by atoms with Crippen molar-refractivity contribution in [2.75, 3.05) is 4.90 Å². The topological polar surface area (TPSA) is 16.4 Å². The summed E-state index contributed by atoms with van der Waals surface area (Å²) >= 11 is 0. The first kappa shape index (κ1) is 22.4. The maximum absolute atomic E-state index is 9.52. The van der Waals surface area contributed by atoms with Crippen molar-refractivity contribution in [2.45, 2.75) is 0 Å². The molecule has 0 fully saturated rings. The normalized spacial score (nSPS) is 12.7. The first-order valence-electron chi connectivity index (χ1n) is 17.4. The Balaban J connectivity index is 1.31. The molecule has 0 aliphatic carbocycles. The lowest BCUT2D eigenvalue weighted by Gasteiger charge is -2.27. The molecule has 0 amide bonds. The van der Waals surface area contributed by atoms with Crippen LogP contribution in [0.2, 0.25) is 0 Å². The van der Waals surface area contributed by atoms with Crippen LogP contribution in [-0.4, -0.2) is 0 Å². The van der Waals surface area contributed by atoms with Crippen LogP contribution in [-0.2, 0) is 0 Å². The van der Waals surface area contributed by atoms with Crippen molar-refractivity contribution >= 4 is 60.5 Å². The van der Waals surface area contributed by atoms with Crippen LogP contribution in [0.25, 0.3) is 65.7 Å². The summed E-state index contributed by atoms with van der Waals surface area (Å²) in [5.41, 5.74) is 6.01. The molecule has 0 N–H and O–H groups in total. The summed E-state index contributed by atoms with van der Waals surface area (Å²) in [6.07, 6.45) is 0. The van der Waals surface area contributed by atoms with E-state index in [0.717, 1.165) is 54.7 Å². The van der Waals surface area contributed by atoms with Gasteiger partial charge in [0.15, 0.2) is 0 Å². The van der Waals surface area contributed by atoms with Gasteiger partial charge in [0.05, 0.1) is 22.2 Å². The third kappa shape index (κ3) is 4.35. The van der Waals surface area contributed by atoms with E-state index in [-0.39, 0.29) is 35.4 Å². The van der Waals surface area contributed by atoms with E-state index in [1.54, 1.807) is 0 Å². The Bertz CT molecular complexity index is 2720. The summed E-state index contributed by atoms with van der Waals surface area (Å²) in [4.78, 5) is 1.89. The zero-order chi connectivity index (χ0) is 33.9. The molecule has 1 heterocycles. The highest BCUT2D eigenvalue weighted by molar-refractivity contribution is 6.20. The molecule has 0 bridgehead atoms. The highest BCUT2D eigenvalue weighted by Crippen LogP contribution is 2.46. The number of nitrogens with zero attached hydrogens (tertiary/aromatic N) is 1. The SMILES string of the molecule is [2H]c1c([2H])c(N(c2cccc3ccccc23)c2cccc3oc4c5ccccc5ccc4c23)c([2H])c([2H])c1-c1ccc(-c2ccccc2)cc1. The van der Waals surface area contributed by atoms with Gasteiger partial charge in [-0.2, -0.15) is 0 Å². The van der Waals surface area contributed by atoms with Crippen molar-refractivity contribution in [3.63, 3.8) is 0 Å². The van der Waals surface area contributed by atoms with Crippen molar-refractivity contribution in [3.05, 3.63) is 176 Å². The molecule has 1 aromatic heterocycles. The Labute approximate surface area is 273 Å². The Kier molecular flexibility index (Phi) is 5.26. The van der Waals surface area contributed by atoms with Crippen molar-refractivity contribution in [1.82, 2.24) is 0 Å². The highest BCUT2D eigenvalue weighted by Gasteiger charge is 2.21. The number of hydrogen-bond donors (Lipinski definition) is 0. The van der Waals surface area contributed by atoms with E-state index < -0.39 is 0 Å². The van der Waals surface area contributed by atoms with E-state index in [2.05, 4.69) is 24.3 Å². The van der Waals surface area contributed by atoms with Crippen molar-refractivity contribution < 1.29 is 9.90 Å². The Morgan fingerprint density at radius 1 is 0.413 bits per heavy atom. The highest BCUT2D eigenvalue weighted by atomic mass is 16.3. The molecular formula is C44H29NO. The van der Waals surface area contributed by atoms with E-state index in [4.69, 9.17) is 4.42 Å². The standard InChI is InChI=1S/C44H29NO/c1-2-10-30(11-3-1)31-20-22-32(23-21-31)33-24-27-36(28-25-33)45(40-17-8-14-34-12-4-6-15-37(34)40)41-18-9-19-42-43(41)39-29-26-35-13-5-7-16-38(35)44(39)46-42/h1-29H/i24D,25D,27D,28D. The lowest BCUT2D eigenvalue weighted by Crippen LogP contribution is -2.10. The molecule has 0 spiro atoms. The van der Waals surface area contributed by atoms with Crippen LogP contribution in [0, 0.1) is 0 Å². The summed E-state index contributed by atoms with van der Waals surface area (Å²) in [7, 11) is 0. The first-order chi connectivity index (χ1) is 24.5. The summed E-state index contributed by atoms with van der Waals surface area (Å²) in [5.74, 6) is 0. The summed E-state index contributed by atoms with van der Waals surface area (Å²) < 4.78 is 44.3. The Morgan fingerprint density at radius 2 is 1.00 bits per heavy atom. The molecule has 216 valence electrons. The van der Waals surface area contributed by atoms with Gasteiger partial charge in [-0.15, -0.1) is 0 Å². The largest absolute Gasteiger partial charge is 0.455 e. The third-order valence-corrected chi connectivity index (χ3v) is 8.73. The second kappa shape index (κ2) is 10.8. The van der Waals surface area contributed by atoms with Gasteiger partial charge < -0.3 is 9.32 Å². The first-order valence-corrected chi connectivity index (χ1v) is 15.4. The molecule has 8 aromatic carbocycles. The molecule has 0 atom stereocenters. The number of benzene rings is 8. The lowest BCUT2D eigenvalue weighted by atomic mass is 9.99. The zero-order valence-corrected chi connectivity index (χ0v) is 24.8. The molecule has 46 heavy (non-hydrogen) atoms. The monoisotopic (exact) mass is 591 g/mol. The van der Waals surface area contributed by atoms with Crippen LogP contribution in [0.15, 0.2) is 180 Å². The van der Waals surface area contributed by atoms with Gasteiger partial charge in [-0.1, -0.05) is 139 Å². The van der Waals surface area contributed by atoms with Gasteiger partial charge in [0, 0.05) is 21.8 Å². The van der Waals surface area contributed by atoms with E-state index >= 15 is 0 Å². The van der Waals surface area contributed by atoms with Gasteiger partial charge in [0.25, 0.3) is 0 Å². The van der Waals surface area contributed by atoms with E-state index in [0.29, 0.717) is 16.8 Å². The van der Waals surface area contributed by atoms with Gasteiger partial charge in [0.1, 0.15) is 11.2 Å². The number of hydrogen-bond acceptors (Lipinski definition) is 2. The van der Waals surface area contributed by atoms with E-state index in [9.17, 15) is 5.48 Å². The van der Waals surface area contributed by atoms with E-state index in [1.807, 2.05) is 132 Å². The van der Waals surface area contributed by atoms with Crippen LogP contribution in [0.4, 0.5) is 17.1 Å². The molecule has 9 aromatic rings. The van der Waals surface area contributed by atoms with Gasteiger partial charge in [0.2, 0.25) is 0 Å². The summed E-state index contributed by atoms with van der Waals surface area (Å²) in [5, 5.41) is 5.72. The molecule has 0 aliphatic rings. The number of anilines is 3. The maximum Gasteiger partial charge on any atom is 0.143 e. The second-order valence-corrected chi connectivity index (χ2v) is 11.4. The van der Waals surface area contributed by atoms with Crippen LogP contribution in [0.3, 0.4) is 0 Å². The average molecular weight is 592 g/mol. The number of furan rings is 1. The van der Waals surface area contributed by atoms with E-state index in [1.165, 1.54) is 0 Å². The smallest absolute Gasteiger partial charge is 0.143 e. The molecule has 0 saturated carbocycles. The molecule has 2 nitrogen and oxygen atoms in total. The second-order valence-electron chi connectivity index (χ2n) is 11.4. The number of rotatable bonds is 5. The fourth-order valence-electron chi connectivity index (χ4n) is 6.52. The minimum absolute atomic E-state index is 0.103. The Morgan fingerprint density at radius 3 is 1.78 bits per heavy atom. The molecule has 0 saturated heterocycles. The van der Waals surface area contributed by atoms with Gasteiger partial charge in [-0.05, 0) is 69.4 Å². The van der Waals surface area contributed by atoms with Crippen LogP contribution >= 0.6 is 0 Å². The molecule has 9 rings (SSSR count). The summed E-state index contributed by atoms with van der Waals surface area (Å²) in [6.45, 7) is 0. The molecule has 0 unspecified atom stereocenters. The lowest BCUT2D eigenvalue weighted by molar-refractivity contribution is 0.672. The predicted octanol–water partition coefficient (Wildman–Crippen LogP) is 12.7. The molecule has 0 radical (unpaired) electrons. The number of fused-ring (bicyclic) bond motifs is 6. The molecule has 0 aliphatic heterocycles. The maximum atomic E-state index is 9.52. The van der Waals surface area contributed by atoms with Crippen molar-refractivity contribution in [2.24, 2.45) is 0 Å². The minimum atomic E-state index is -0.128. The predicted molar refractivity (Wildman–Crippen MR) is 194 cm³/mol. The third-order valence-electron chi connectivity index (χ3n) is 8.73. The molecule has 2 heteroatoms. The van der Waals surface area contributed by atoms with Crippen LogP contribution in [0.5, 0.6) is 0 Å². The van der Waals surface area contributed by atoms with Crippen LogP contribution in [0.1, 0.15) is 5.48 Å². The van der Waals surface area contributed by atoms with Gasteiger partial charge in [-0.3, -0.25) is 0 Å². The minimum Gasteiger partial charge on any atom is -0.455 e. The Hall–Kier alpha value is -6.12. The molecular weight excluding hydrogens is 558 g/mol. The summed E-state index contributed by atoms with van der Waals surface area (Å²) in [6, 6.07) is 49.3. The van der Waals surface area contributed by atoms with Gasteiger partial charge >= 0.3 is 0 Å². The van der Waals surface area contributed by atoms with Gasteiger partial charge in [-0.25, -0.2) is 0 Å². The van der Waals surface area contributed by atoms with Crippen LogP contribution < -0.4 is 4.90 Å². The van der Waals surface area contributed by atoms with Crippen molar-refractivity contribution in [1.29, 1.82) is 0 Å². The fraction of sp³-hybridized carbons (Fsp3) is 0. The average Bonchev–Trinajstić information content (AvgIpc) is 3.56.